The van der Waals surface area contributed by atoms with Gasteiger partial charge in [-0.1, -0.05) is 0 Å². The number of hydrogen-bond donors (Lipinski definition) is 0. The molecule has 0 spiro atoms. The van der Waals surface area contributed by atoms with Crippen molar-refractivity contribution in [1.82, 2.24) is 9.80 Å². The van der Waals surface area contributed by atoms with E-state index in [1.807, 2.05) is 0 Å². The Labute approximate surface area is 134 Å². The summed E-state index contributed by atoms with van der Waals surface area (Å²) in [6, 6.07) is 0. The molecule has 0 aromatic rings. The van der Waals surface area contributed by atoms with Gasteiger partial charge in [-0.15, -0.1) is 0 Å². The summed E-state index contributed by atoms with van der Waals surface area (Å²) in [5, 5.41) is 0. The monoisotopic (exact) mass is 312 g/mol. The van der Waals surface area contributed by atoms with Crippen molar-refractivity contribution in [3.8, 4) is 0 Å². The van der Waals surface area contributed by atoms with Crippen LogP contribution in [0.3, 0.4) is 0 Å². The molecule has 3 fully saturated rings. The molecule has 0 aromatic heterocycles. The molecular formula is C17H32N2O3. The molecule has 3 heterocycles. The van der Waals surface area contributed by atoms with Crippen molar-refractivity contribution < 1.29 is 14.2 Å². The van der Waals surface area contributed by atoms with Crippen LogP contribution in [-0.2, 0) is 14.2 Å². The van der Waals surface area contributed by atoms with E-state index in [0.717, 1.165) is 59.0 Å². The van der Waals surface area contributed by atoms with E-state index in [0.29, 0.717) is 12.2 Å². The topological polar surface area (TPSA) is 34.2 Å². The van der Waals surface area contributed by atoms with E-state index in [-0.39, 0.29) is 5.54 Å². The first-order valence-corrected chi connectivity index (χ1v) is 8.96. The average molecular weight is 312 g/mol. The van der Waals surface area contributed by atoms with Crippen molar-refractivity contribution >= 4 is 0 Å². The molecule has 128 valence electrons. The number of fused-ring (bicyclic) bond motifs is 1. The molecule has 0 amide bonds. The smallest absolute Gasteiger partial charge is 0.0721 e. The van der Waals surface area contributed by atoms with Gasteiger partial charge in [-0.05, 0) is 39.7 Å². The summed E-state index contributed by atoms with van der Waals surface area (Å²) in [4.78, 5) is 5.06. The van der Waals surface area contributed by atoms with Gasteiger partial charge in [-0.3, -0.25) is 9.80 Å². The summed E-state index contributed by atoms with van der Waals surface area (Å²) >= 11 is 0. The zero-order chi connectivity index (χ0) is 15.4. The maximum atomic E-state index is 6.19. The standard InChI is InChI=1S/C17H32N2O3/c1-15(2)22-14-17-4-3-5-19(17)13-16(12-17)21-11-8-18-6-9-20-10-7-18/h15-16H,3-14H2,1-2H3. The van der Waals surface area contributed by atoms with Gasteiger partial charge in [0.2, 0.25) is 0 Å². The highest BCUT2D eigenvalue weighted by Gasteiger charge is 2.49. The van der Waals surface area contributed by atoms with Crippen LogP contribution < -0.4 is 0 Å². The minimum atomic E-state index is 0.258. The lowest BCUT2D eigenvalue weighted by molar-refractivity contribution is -0.00428. The molecule has 0 saturated carbocycles. The largest absolute Gasteiger partial charge is 0.379 e. The molecule has 2 atom stereocenters. The number of nitrogens with zero attached hydrogens (tertiary/aromatic N) is 2. The van der Waals surface area contributed by atoms with E-state index in [1.54, 1.807) is 0 Å². The first-order valence-electron chi connectivity index (χ1n) is 8.96. The summed E-state index contributed by atoms with van der Waals surface area (Å²) in [6.07, 6.45) is 4.42. The van der Waals surface area contributed by atoms with E-state index >= 15 is 0 Å². The van der Waals surface area contributed by atoms with Crippen LogP contribution in [0.15, 0.2) is 0 Å². The van der Waals surface area contributed by atoms with E-state index in [9.17, 15) is 0 Å². The third-order valence-electron chi connectivity index (χ3n) is 5.32. The van der Waals surface area contributed by atoms with Crippen molar-refractivity contribution in [3.05, 3.63) is 0 Å². The highest BCUT2D eigenvalue weighted by Crippen LogP contribution is 2.40. The fourth-order valence-corrected chi connectivity index (χ4v) is 4.07. The molecule has 0 aromatic carbocycles. The number of ether oxygens (including phenoxy) is 3. The van der Waals surface area contributed by atoms with Gasteiger partial charge in [0.05, 0.1) is 38.6 Å². The summed E-state index contributed by atoms with van der Waals surface area (Å²) < 4.78 is 17.5. The lowest BCUT2D eigenvalue weighted by Gasteiger charge is -2.32. The second-order valence-corrected chi connectivity index (χ2v) is 7.28. The Balaban J connectivity index is 1.42. The second-order valence-electron chi connectivity index (χ2n) is 7.28. The molecule has 22 heavy (non-hydrogen) atoms. The number of rotatable bonds is 7. The van der Waals surface area contributed by atoms with Gasteiger partial charge < -0.3 is 14.2 Å². The SMILES string of the molecule is CC(C)OCC12CCCN1CC(OCCN1CCOCC1)C2. The van der Waals surface area contributed by atoms with Crippen LogP contribution in [0.25, 0.3) is 0 Å². The lowest BCUT2D eigenvalue weighted by Crippen LogP contribution is -2.43. The lowest BCUT2D eigenvalue weighted by atomic mass is 9.94. The fraction of sp³-hybridized carbons (Fsp3) is 1.00. The Morgan fingerprint density at radius 1 is 1.23 bits per heavy atom. The van der Waals surface area contributed by atoms with Crippen LogP contribution in [0.1, 0.15) is 33.1 Å². The Bertz CT molecular complexity index is 347. The highest BCUT2D eigenvalue weighted by atomic mass is 16.5. The number of hydrogen-bond acceptors (Lipinski definition) is 5. The Morgan fingerprint density at radius 2 is 2.05 bits per heavy atom. The predicted octanol–water partition coefficient (Wildman–Crippen LogP) is 1.37. The van der Waals surface area contributed by atoms with Gasteiger partial charge >= 0.3 is 0 Å². The molecular weight excluding hydrogens is 280 g/mol. The molecule has 3 saturated heterocycles. The van der Waals surface area contributed by atoms with Crippen LogP contribution in [0.2, 0.25) is 0 Å². The van der Waals surface area contributed by atoms with Crippen LogP contribution in [0.4, 0.5) is 0 Å². The van der Waals surface area contributed by atoms with Crippen molar-refractivity contribution in [2.24, 2.45) is 0 Å². The van der Waals surface area contributed by atoms with Gasteiger partial charge in [0.25, 0.3) is 0 Å². The second kappa shape index (κ2) is 7.58. The van der Waals surface area contributed by atoms with E-state index < -0.39 is 0 Å². The van der Waals surface area contributed by atoms with Crippen molar-refractivity contribution in [2.75, 3.05) is 59.2 Å². The van der Waals surface area contributed by atoms with Crippen molar-refractivity contribution in [3.63, 3.8) is 0 Å². The maximum Gasteiger partial charge on any atom is 0.0721 e. The van der Waals surface area contributed by atoms with E-state index in [4.69, 9.17) is 14.2 Å². The van der Waals surface area contributed by atoms with Gasteiger partial charge in [0, 0.05) is 31.7 Å². The molecule has 3 aliphatic heterocycles. The van der Waals surface area contributed by atoms with Gasteiger partial charge in [-0.2, -0.15) is 0 Å². The van der Waals surface area contributed by atoms with E-state index in [2.05, 4.69) is 23.6 Å². The summed E-state index contributed by atoms with van der Waals surface area (Å²) in [6.45, 7) is 13.1. The van der Waals surface area contributed by atoms with Crippen LogP contribution in [0, 0.1) is 0 Å². The quantitative estimate of drug-likeness (QED) is 0.709. The highest BCUT2D eigenvalue weighted by molar-refractivity contribution is 5.04. The third kappa shape index (κ3) is 4.01. The van der Waals surface area contributed by atoms with Crippen molar-refractivity contribution in [1.29, 1.82) is 0 Å². The molecule has 5 heteroatoms. The molecule has 0 N–H and O–H groups in total. The number of morpholine rings is 1. The Morgan fingerprint density at radius 3 is 2.82 bits per heavy atom. The Kier molecular flexibility index (Phi) is 5.74. The maximum absolute atomic E-state index is 6.19. The van der Waals surface area contributed by atoms with E-state index in [1.165, 1.54) is 19.4 Å². The molecule has 3 aliphatic rings. The van der Waals surface area contributed by atoms with Crippen molar-refractivity contribution in [2.45, 2.75) is 50.9 Å². The van der Waals surface area contributed by atoms with Gasteiger partial charge in [-0.25, -0.2) is 0 Å². The third-order valence-corrected chi connectivity index (χ3v) is 5.32. The normalized spacial score (nSPS) is 33.7. The predicted molar refractivity (Wildman–Crippen MR) is 86.2 cm³/mol. The minimum Gasteiger partial charge on any atom is -0.379 e. The molecule has 3 rings (SSSR count). The van der Waals surface area contributed by atoms with Crippen LogP contribution in [-0.4, -0.2) is 86.7 Å². The van der Waals surface area contributed by atoms with Crippen LogP contribution in [0.5, 0.6) is 0 Å². The molecule has 0 aliphatic carbocycles. The minimum absolute atomic E-state index is 0.258. The Hall–Kier alpha value is -0.200. The average Bonchev–Trinajstić information content (AvgIpc) is 3.03. The summed E-state index contributed by atoms with van der Waals surface area (Å²) in [5.74, 6) is 0. The zero-order valence-corrected chi connectivity index (χ0v) is 14.3. The van der Waals surface area contributed by atoms with Crippen LogP contribution >= 0.6 is 0 Å². The van der Waals surface area contributed by atoms with Gasteiger partial charge in [0.15, 0.2) is 0 Å². The first-order chi connectivity index (χ1) is 10.7. The zero-order valence-electron chi connectivity index (χ0n) is 14.3. The van der Waals surface area contributed by atoms with Gasteiger partial charge in [0.1, 0.15) is 0 Å². The molecule has 0 bridgehead atoms. The first kappa shape index (κ1) is 16.7. The summed E-state index contributed by atoms with van der Waals surface area (Å²) in [7, 11) is 0. The fourth-order valence-electron chi connectivity index (χ4n) is 4.07. The molecule has 5 nitrogen and oxygen atoms in total. The molecule has 0 radical (unpaired) electrons. The molecule has 2 unspecified atom stereocenters. The summed E-state index contributed by atoms with van der Waals surface area (Å²) in [5.41, 5.74) is 0.258.